The maximum absolute atomic E-state index is 12.5. The molecule has 2 amide bonds. The smallest absolute Gasteiger partial charge is 0.271 e. The number of hydrazine groups is 1. The Morgan fingerprint density at radius 2 is 1.66 bits per heavy atom. The minimum Gasteiger partial charge on any atom is -0.271 e. The summed E-state index contributed by atoms with van der Waals surface area (Å²) >= 11 is 0. The fourth-order valence-corrected chi connectivity index (χ4v) is 3.07. The van der Waals surface area contributed by atoms with Gasteiger partial charge in [0, 0.05) is 10.8 Å². The van der Waals surface area contributed by atoms with Gasteiger partial charge in [0.05, 0.1) is 16.6 Å². The van der Waals surface area contributed by atoms with Crippen LogP contribution in [0.3, 0.4) is 0 Å². The van der Waals surface area contributed by atoms with Gasteiger partial charge in [-0.1, -0.05) is 42.5 Å². The van der Waals surface area contributed by atoms with E-state index < -0.39 is 11.8 Å². The van der Waals surface area contributed by atoms with Gasteiger partial charge in [-0.05, 0) is 25.1 Å². The number of rotatable bonds is 3. The number of fused-ring (bicyclic) bond motifs is 2. The quantitative estimate of drug-likeness (QED) is 0.521. The maximum Gasteiger partial charge on any atom is 0.288 e. The molecule has 0 atom stereocenters. The van der Waals surface area contributed by atoms with Gasteiger partial charge in [-0.2, -0.15) is 5.10 Å². The van der Waals surface area contributed by atoms with E-state index in [1.807, 2.05) is 24.3 Å². The first-order valence-electron chi connectivity index (χ1n) is 8.94. The maximum atomic E-state index is 12.5. The molecule has 2 aromatic heterocycles. The monoisotopic (exact) mass is 387 g/mol. The fraction of sp³-hybridized carbons (Fsp3) is 0.0952. The van der Waals surface area contributed by atoms with Crippen LogP contribution in [0.15, 0.2) is 65.5 Å². The van der Waals surface area contributed by atoms with Crippen LogP contribution >= 0.6 is 0 Å². The lowest BCUT2D eigenvalue weighted by molar-refractivity contribution is -0.122. The van der Waals surface area contributed by atoms with E-state index in [1.54, 1.807) is 43.3 Å². The molecule has 2 aromatic carbocycles. The second kappa shape index (κ2) is 7.51. The lowest BCUT2D eigenvalue weighted by Gasteiger charge is -2.10. The van der Waals surface area contributed by atoms with Crippen LogP contribution in [0.5, 0.6) is 0 Å². The van der Waals surface area contributed by atoms with Crippen molar-refractivity contribution in [1.29, 1.82) is 0 Å². The zero-order valence-electron chi connectivity index (χ0n) is 15.5. The summed E-state index contributed by atoms with van der Waals surface area (Å²) in [4.78, 5) is 41.3. The van der Waals surface area contributed by atoms with Gasteiger partial charge in [0.1, 0.15) is 12.2 Å². The van der Waals surface area contributed by atoms with E-state index in [2.05, 4.69) is 20.9 Å². The molecule has 0 saturated carbocycles. The van der Waals surface area contributed by atoms with Crippen molar-refractivity contribution >= 4 is 33.5 Å². The first kappa shape index (κ1) is 18.3. The van der Waals surface area contributed by atoms with E-state index in [9.17, 15) is 14.4 Å². The van der Waals surface area contributed by atoms with E-state index >= 15 is 0 Å². The lowest BCUT2D eigenvalue weighted by atomic mass is 10.1. The Morgan fingerprint density at radius 1 is 0.931 bits per heavy atom. The molecule has 0 aliphatic carbocycles. The SMILES string of the molecule is Cc1nn(CC(=O)NNC(=O)c2ccc3ccccc3n2)c(=O)c2ccccc12. The Hall–Kier alpha value is -4.07. The molecule has 2 N–H and O–H groups in total. The number of carbonyl (C=O) groups is 2. The van der Waals surface area contributed by atoms with E-state index in [0.717, 1.165) is 15.5 Å². The van der Waals surface area contributed by atoms with Crippen molar-refractivity contribution in [2.45, 2.75) is 13.5 Å². The Balaban J connectivity index is 1.46. The summed E-state index contributed by atoms with van der Waals surface area (Å²) < 4.78 is 1.08. The van der Waals surface area contributed by atoms with E-state index in [4.69, 9.17) is 0 Å². The van der Waals surface area contributed by atoms with Crippen molar-refractivity contribution < 1.29 is 9.59 Å². The number of benzene rings is 2. The van der Waals surface area contributed by atoms with Crippen LogP contribution in [0.2, 0.25) is 0 Å². The first-order valence-corrected chi connectivity index (χ1v) is 8.94. The van der Waals surface area contributed by atoms with Crippen LogP contribution < -0.4 is 16.4 Å². The highest BCUT2D eigenvalue weighted by Gasteiger charge is 2.13. The summed E-state index contributed by atoms with van der Waals surface area (Å²) in [6.07, 6.45) is 0. The van der Waals surface area contributed by atoms with Gasteiger partial charge in [-0.25, -0.2) is 9.67 Å². The third-order valence-corrected chi connectivity index (χ3v) is 4.49. The van der Waals surface area contributed by atoms with E-state index in [-0.39, 0.29) is 17.8 Å². The summed E-state index contributed by atoms with van der Waals surface area (Å²) in [6, 6.07) is 17.8. The highest BCUT2D eigenvalue weighted by atomic mass is 16.2. The molecule has 0 unspecified atom stereocenters. The molecule has 144 valence electrons. The van der Waals surface area contributed by atoms with Crippen LogP contribution in [0, 0.1) is 6.92 Å². The lowest BCUT2D eigenvalue weighted by Crippen LogP contribution is -2.44. The normalized spacial score (nSPS) is 10.8. The number of amides is 2. The largest absolute Gasteiger partial charge is 0.288 e. The fourth-order valence-electron chi connectivity index (χ4n) is 3.07. The van der Waals surface area contributed by atoms with E-state index in [0.29, 0.717) is 16.6 Å². The van der Waals surface area contributed by atoms with Crippen molar-refractivity contribution in [2.24, 2.45) is 0 Å². The summed E-state index contributed by atoms with van der Waals surface area (Å²) in [6.45, 7) is 1.44. The molecule has 0 aliphatic heterocycles. The molecule has 8 nitrogen and oxygen atoms in total. The molecule has 0 spiro atoms. The molecule has 0 fully saturated rings. The van der Waals surface area contributed by atoms with Crippen molar-refractivity contribution in [3.8, 4) is 0 Å². The third-order valence-electron chi connectivity index (χ3n) is 4.49. The molecule has 0 aliphatic rings. The topological polar surface area (TPSA) is 106 Å². The molecular formula is C21H17N5O3. The van der Waals surface area contributed by atoms with Crippen LogP contribution in [0.4, 0.5) is 0 Å². The molecule has 0 radical (unpaired) electrons. The number of nitrogens with one attached hydrogen (secondary N) is 2. The minimum absolute atomic E-state index is 0.167. The van der Waals surface area contributed by atoms with Crippen LogP contribution in [0.1, 0.15) is 16.2 Å². The number of carbonyl (C=O) groups excluding carboxylic acids is 2. The number of nitrogens with zero attached hydrogens (tertiary/aromatic N) is 3. The molecule has 4 aromatic rings. The van der Waals surface area contributed by atoms with Crippen LogP contribution in [0.25, 0.3) is 21.7 Å². The van der Waals surface area contributed by atoms with Crippen LogP contribution in [-0.2, 0) is 11.3 Å². The van der Waals surface area contributed by atoms with Gasteiger partial charge in [0.2, 0.25) is 0 Å². The average Bonchev–Trinajstić information content (AvgIpc) is 2.75. The summed E-state index contributed by atoms with van der Waals surface area (Å²) in [5.74, 6) is -1.14. The van der Waals surface area contributed by atoms with Gasteiger partial charge >= 0.3 is 0 Å². The number of aryl methyl sites for hydroxylation is 1. The summed E-state index contributed by atoms with van der Waals surface area (Å²) in [5.41, 5.74) is 5.71. The van der Waals surface area contributed by atoms with Gasteiger partial charge < -0.3 is 0 Å². The molecule has 0 bridgehead atoms. The van der Waals surface area contributed by atoms with Crippen molar-refractivity contribution in [1.82, 2.24) is 25.6 Å². The molecular weight excluding hydrogens is 370 g/mol. The number of para-hydroxylation sites is 1. The average molecular weight is 387 g/mol. The molecule has 29 heavy (non-hydrogen) atoms. The Kier molecular flexibility index (Phi) is 4.74. The van der Waals surface area contributed by atoms with Crippen molar-refractivity contribution in [3.05, 3.63) is 82.4 Å². The van der Waals surface area contributed by atoms with Gasteiger partial charge in [-0.15, -0.1) is 0 Å². The molecule has 2 heterocycles. The number of pyridine rings is 1. The summed E-state index contributed by atoms with van der Waals surface area (Å²) in [7, 11) is 0. The first-order chi connectivity index (χ1) is 14.0. The van der Waals surface area contributed by atoms with Crippen molar-refractivity contribution in [2.75, 3.05) is 0 Å². The minimum atomic E-state index is -0.580. The number of aromatic nitrogens is 3. The Morgan fingerprint density at radius 3 is 2.48 bits per heavy atom. The summed E-state index contributed by atoms with van der Waals surface area (Å²) in [5, 5.41) is 6.31. The number of hydrogen-bond donors (Lipinski definition) is 2. The third kappa shape index (κ3) is 3.68. The van der Waals surface area contributed by atoms with E-state index in [1.165, 1.54) is 0 Å². The molecule has 8 heteroatoms. The van der Waals surface area contributed by atoms with Crippen molar-refractivity contribution in [3.63, 3.8) is 0 Å². The van der Waals surface area contributed by atoms with Crippen LogP contribution in [-0.4, -0.2) is 26.6 Å². The highest BCUT2D eigenvalue weighted by molar-refractivity contribution is 5.95. The molecule has 4 rings (SSSR count). The second-order valence-corrected chi connectivity index (χ2v) is 6.49. The van der Waals surface area contributed by atoms with Gasteiger partial charge in [0.25, 0.3) is 17.4 Å². The number of hydrogen-bond acceptors (Lipinski definition) is 5. The predicted octanol–water partition coefficient (Wildman–Crippen LogP) is 1.71. The second-order valence-electron chi connectivity index (χ2n) is 6.49. The Labute approximate surface area is 165 Å². The standard InChI is InChI=1S/C21H17N5O3/c1-13-15-7-3-4-8-16(15)21(29)26(25-13)12-19(27)23-24-20(28)18-11-10-14-6-2-5-9-17(14)22-18/h2-11H,12H2,1H3,(H,23,27)(H,24,28). The Bertz CT molecular complexity index is 1310. The van der Waals surface area contributed by atoms with Gasteiger partial charge in [0.15, 0.2) is 0 Å². The highest BCUT2D eigenvalue weighted by Crippen LogP contribution is 2.12. The zero-order chi connectivity index (χ0) is 20.4. The van der Waals surface area contributed by atoms with Gasteiger partial charge in [-0.3, -0.25) is 25.2 Å². The predicted molar refractivity (Wildman–Crippen MR) is 108 cm³/mol. The zero-order valence-corrected chi connectivity index (χ0v) is 15.5. The molecule has 0 saturated heterocycles.